The van der Waals surface area contributed by atoms with Crippen LogP contribution in [0.4, 0.5) is 4.39 Å². The molecule has 1 aromatic heterocycles. The smallest absolute Gasteiger partial charge is 0.289 e. The summed E-state index contributed by atoms with van der Waals surface area (Å²) in [5, 5.41) is 0. The van der Waals surface area contributed by atoms with Crippen molar-refractivity contribution in [1.82, 2.24) is 9.80 Å². The van der Waals surface area contributed by atoms with Crippen molar-refractivity contribution in [3.8, 4) is 5.75 Å². The molecular formula is C29H31FN2O4. The Balaban J connectivity index is 1.37. The molecule has 0 N–H and O–H groups in total. The first-order chi connectivity index (χ1) is 17.4. The zero-order valence-corrected chi connectivity index (χ0v) is 20.7. The molecular weight excluding hydrogens is 459 g/mol. The standard InChI is InChI=1S/C29H31FN2O4/c1-19(2)28(33)32-16-13-20-7-10-23(17-25(20)27(32)21-5-8-22(30)9-6-21)35-18-24-11-12-26(36-24)29(34)31-14-3-4-15-31/h5-12,17,19,27H,3-4,13-16,18H2,1-2H3/t27-/m0/s1. The van der Waals surface area contributed by atoms with Gasteiger partial charge in [0.15, 0.2) is 5.76 Å². The van der Waals surface area contributed by atoms with Crippen molar-refractivity contribution >= 4 is 11.8 Å². The quantitative estimate of drug-likeness (QED) is 0.467. The highest BCUT2D eigenvalue weighted by Crippen LogP contribution is 2.38. The van der Waals surface area contributed by atoms with Crippen LogP contribution in [0.5, 0.6) is 5.75 Å². The van der Waals surface area contributed by atoms with Gasteiger partial charge in [0.25, 0.3) is 5.91 Å². The molecule has 2 aromatic carbocycles. The molecule has 2 amide bonds. The van der Waals surface area contributed by atoms with E-state index in [-0.39, 0.29) is 36.2 Å². The topological polar surface area (TPSA) is 63.0 Å². The van der Waals surface area contributed by atoms with Crippen LogP contribution in [0.15, 0.2) is 59.0 Å². The third-order valence-corrected chi connectivity index (χ3v) is 6.96. The van der Waals surface area contributed by atoms with Gasteiger partial charge < -0.3 is 19.0 Å². The highest BCUT2D eigenvalue weighted by Gasteiger charge is 2.33. The maximum Gasteiger partial charge on any atom is 0.289 e. The van der Waals surface area contributed by atoms with E-state index in [4.69, 9.17) is 9.15 Å². The monoisotopic (exact) mass is 490 g/mol. The summed E-state index contributed by atoms with van der Waals surface area (Å²) in [6, 6.07) is 15.4. The molecule has 2 aliphatic heterocycles. The lowest BCUT2D eigenvalue weighted by atomic mass is 9.87. The van der Waals surface area contributed by atoms with Gasteiger partial charge in [0.05, 0.1) is 6.04 Å². The zero-order chi connectivity index (χ0) is 25.2. The number of rotatable bonds is 6. The maximum absolute atomic E-state index is 13.7. The minimum absolute atomic E-state index is 0.0621. The van der Waals surface area contributed by atoms with Gasteiger partial charge in [-0.15, -0.1) is 0 Å². The second kappa shape index (κ2) is 10.2. The summed E-state index contributed by atoms with van der Waals surface area (Å²) in [4.78, 5) is 29.3. The Labute approximate surface area is 210 Å². The van der Waals surface area contributed by atoms with Crippen LogP contribution in [-0.2, 0) is 17.8 Å². The molecule has 0 aliphatic carbocycles. The Hall–Kier alpha value is -3.61. The van der Waals surface area contributed by atoms with Crippen molar-refractivity contribution < 1.29 is 23.1 Å². The summed E-state index contributed by atoms with van der Waals surface area (Å²) in [5.74, 6) is 1.07. The van der Waals surface area contributed by atoms with E-state index >= 15 is 0 Å². The fraction of sp³-hybridized carbons (Fsp3) is 0.379. The number of carbonyl (C=O) groups excluding carboxylic acids is 2. The van der Waals surface area contributed by atoms with Crippen molar-refractivity contribution in [3.05, 3.63) is 88.6 Å². The summed E-state index contributed by atoms with van der Waals surface area (Å²) >= 11 is 0. The molecule has 3 aromatic rings. The number of halogens is 1. The molecule has 0 spiro atoms. The molecule has 6 nitrogen and oxygen atoms in total. The second-order valence-corrected chi connectivity index (χ2v) is 9.80. The molecule has 7 heteroatoms. The number of likely N-dealkylation sites (tertiary alicyclic amines) is 1. The first-order valence-electron chi connectivity index (χ1n) is 12.6. The first-order valence-corrected chi connectivity index (χ1v) is 12.6. The summed E-state index contributed by atoms with van der Waals surface area (Å²) in [6.45, 7) is 6.11. The summed E-state index contributed by atoms with van der Waals surface area (Å²) < 4.78 is 25.5. The van der Waals surface area contributed by atoms with Crippen molar-refractivity contribution in [1.29, 1.82) is 0 Å². The van der Waals surface area contributed by atoms with Crippen LogP contribution in [0, 0.1) is 11.7 Å². The minimum Gasteiger partial charge on any atom is -0.486 e. The van der Waals surface area contributed by atoms with E-state index in [2.05, 4.69) is 0 Å². The number of furan rings is 1. The van der Waals surface area contributed by atoms with Crippen molar-refractivity contribution in [2.75, 3.05) is 19.6 Å². The Morgan fingerprint density at radius 1 is 1.03 bits per heavy atom. The molecule has 1 fully saturated rings. The van der Waals surface area contributed by atoms with E-state index in [0.29, 0.717) is 23.8 Å². The number of fused-ring (bicyclic) bond motifs is 1. The lowest BCUT2D eigenvalue weighted by Crippen LogP contribution is -2.42. The van der Waals surface area contributed by atoms with Crippen LogP contribution >= 0.6 is 0 Å². The van der Waals surface area contributed by atoms with Crippen LogP contribution in [-0.4, -0.2) is 41.2 Å². The molecule has 0 unspecified atom stereocenters. The highest BCUT2D eigenvalue weighted by atomic mass is 19.1. The van der Waals surface area contributed by atoms with Crippen LogP contribution in [0.1, 0.15) is 65.7 Å². The third kappa shape index (κ3) is 4.87. The minimum atomic E-state index is -0.318. The molecule has 36 heavy (non-hydrogen) atoms. The van der Waals surface area contributed by atoms with Crippen molar-refractivity contribution in [2.24, 2.45) is 5.92 Å². The van der Waals surface area contributed by atoms with Gasteiger partial charge in [-0.05, 0) is 72.4 Å². The number of benzene rings is 2. The van der Waals surface area contributed by atoms with Crippen LogP contribution in [0.2, 0.25) is 0 Å². The van der Waals surface area contributed by atoms with Gasteiger partial charge in [-0.1, -0.05) is 32.0 Å². The fourth-order valence-electron chi connectivity index (χ4n) is 5.06. The predicted octanol–water partition coefficient (Wildman–Crippen LogP) is 5.36. The van der Waals surface area contributed by atoms with Gasteiger partial charge in [0.1, 0.15) is 23.9 Å². The molecule has 188 valence electrons. The SMILES string of the molecule is CC(C)C(=O)N1CCc2ccc(OCc3ccc(C(=O)N4CCCC4)o3)cc2[C@@H]1c1ccc(F)cc1. The molecule has 0 radical (unpaired) electrons. The molecule has 0 saturated carbocycles. The molecule has 2 aliphatic rings. The van der Waals surface area contributed by atoms with Crippen LogP contribution < -0.4 is 4.74 Å². The third-order valence-electron chi connectivity index (χ3n) is 6.96. The Morgan fingerprint density at radius 3 is 2.50 bits per heavy atom. The fourth-order valence-corrected chi connectivity index (χ4v) is 5.06. The number of hydrogen-bond acceptors (Lipinski definition) is 4. The predicted molar refractivity (Wildman–Crippen MR) is 133 cm³/mol. The van der Waals surface area contributed by atoms with Gasteiger partial charge in [-0.2, -0.15) is 0 Å². The van der Waals surface area contributed by atoms with Gasteiger partial charge in [0.2, 0.25) is 5.91 Å². The first kappa shape index (κ1) is 24.1. The summed E-state index contributed by atoms with van der Waals surface area (Å²) in [5.41, 5.74) is 2.98. The second-order valence-electron chi connectivity index (χ2n) is 9.80. The van der Waals surface area contributed by atoms with E-state index in [1.54, 1.807) is 24.3 Å². The average molecular weight is 491 g/mol. The van der Waals surface area contributed by atoms with Gasteiger partial charge >= 0.3 is 0 Å². The highest BCUT2D eigenvalue weighted by molar-refractivity contribution is 5.91. The number of ether oxygens (including phenoxy) is 1. The number of nitrogens with zero attached hydrogens (tertiary/aromatic N) is 2. The lowest BCUT2D eigenvalue weighted by Gasteiger charge is -2.39. The van der Waals surface area contributed by atoms with E-state index in [1.165, 1.54) is 12.1 Å². The van der Waals surface area contributed by atoms with E-state index < -0.39 is 0 Å². The van der Waals surface area contributed by atoms with Crippen molar-refractivity contribution in [2.45, 2.75) is 45.8 Å². The molecule has 1 saturated heterocycles. The Kier molecular flexibility index (Phi) is 6.81. The molecule has 3 heterocycles. The molecule has 0 bridgehead atoms. The van der Waals surface area contributed by atoms with E-state index in [0.717, 1.165) is 49.0 Å². The van der Waals surface area contributed by atoms with Crippen LogP contribution in [0.3, 0.4) is 0 Å². The number of amides is 2. The number of hydrogen-bond donors (Lipinski definition) is 0. The average Bonchev–Trinajstić information content (AvgIpc) is 3.59. The zero-order valence-electron chi connectivity index (χ0n) is 20.7. The van der Waals surface area contributed by atoms with E-state index in [1.807, 2.05) is 41.8 Å². The van der Waals surface area contributed by atoms with Crippen LogP contribution in [0.25, 0.3) is 0 Å². The van der Waals surface area contributed by atoms with Gasteiger partial charge in [-0.3, -0.25) is 9.59 Å². The van der Waals surface area contributed by atoms with Crippen molar-refractivity contribution in [3.63, 3.8) is 0 Å². The van der Waals surface area contributed by atoms with Gasteiger partial charge in [-0.25, -0.2) is 4.39 Å². The molecule has 1 atom stereocenters. The van der Waals surface area contributed by atoms with E-state index in [9.17, 15) is 14.0 Å². The largest absolute Gasteiger partial charge is 0.486 e. The van der Waals surface area contributed by atoms with Gasteiger partial charge in [0, 0.05) is 25.6 Å². The Bertz CT molecular complexity index is 1240. The summed E-state index contributed by atoms with van der Waals surface area (Å²) in [6.07, 6.45) is 2.80. The Morgan fingerprint density at radius 2 is 1.78 bits per heavy atom. The maximum atomic E-state index is 13.7. The lowest BCUT2D eigenvalue weighted by molar-refractivity contribution is -0.136. The molecule has 5 rings (SSSR count). The normalized spacial score (nSPS) is 17.4. The number of carbonyl (C=O) groups is 2. The summed E-state index contributed by atoms with van der Waals surface area (Å²) in [7, 11) is 0.